The Hall–Kier alpha value is -3.36. The van der Waals surface area contributed by atoms with Crippen molar-refractivity contribution >= 4 is 23.2 Å². The lowest BCUT2D eigenvalue weighted by molar-refractivity contribution is -0.384. The van der Waals surface area contributed by atoms with Gasteiger partial charge in [-0.15, -0.1) is 0 Å². The van der Waals surface area contributed by atoms with Gasteiger partial charge in [0.1, 0.15) is 11.4 Å². The number of rotatable bonds is 4. The Morgan fingerprint density at radius 2 is 1.91 bits per heavy atom. The van der Waals surface area contributed by atoms with Crippen LogP contribution in [0.3, 0.4) is 0 Å². The second kappa shape index (κ2) is 6.39. The lowest BCUT2D eigenvalue weighted by atomic mass is 10.1. The van der Waals surface area contributed by atoms with Gasteiger partial charge in [-0.3, -0.25) is 30.6 Å². The number of nitro groups is 1. The van der Waals surface area contributed by atoms with Gasteiger partial charge in [0.15, 0.2) is 0 Å². The first-order valence-electron chi connectivity index (χ1n) is 6.23. The second-order valence-corrected chi connectivity index (χ2v) is 4.23. The molecule has 0 saturated heterocycles. The molecule has 0 bridgehead atoms. The SMILES string of the molecule is CNc1ccc(C(=O)NNC(=O)c2ccc[nH]2)cc1[N+](=O)[O-]. The summed E-state index contributed by atoms with van der Waals surface area (Å²) < 4.78 is 0. The standard InChI is InChI=1S/C13H13N5O4/c1-14-9-5-4-8(7-11(9)18(21)22)12(19)16-17-13(20)10-3-2-6-15-10/h2-7,14-15H,1H3,(H,16,19)(H,17,20). The summed E-state index contributed by atoms with van der Waals surface area (Å²) in [6.07, 6.45) is 1.57. The molecule has 9 nitrogen and oxygen atoms in total. The number of anilines is 1. The van der Waals surface area contributed by atoms with Crippen LogP contribution in [0, 0.1) is 10.1 Å². The van der Waals surface area contributed by atoms with E-state index in [0.717, 1.165) is 6.07 Å². The number of hydrazine groups is 1. The van der Waals surface area contributed by atoms with Crippen LogP contribution in [0.1, 0.15) is 20.8 Å². The number of nitrogens with one attached hydrogen (secondary N) is 4. The van der Waals surface area contributed by atoms with Crippen molar-refractivity contribution in [2.24, 2.45) is 0 Å². The number of carbonyl (C=O) groups is 2. The number of hydrogen-bond acceptors (Lipinski definition) is 5. The molecule has 0 saturated carbocycles. The molecule has 2 aromatic rings. The molecule has 1 aromatic carbocycles. The van der Waals surface area contributed by atoms with Gasteiger partial charge < -0.3 is 10.3 Å². The smallest absolute Gasteiger partial charge is 0.293 e. The van der Waals surface area contributed by atoms with E-state index in [1.807, 2.05) is 0 Å². The van der Waals surface area contributed by atoms with E-state index in [1.165, 1.54) is 18.2 Å². The molecule has 1 aromatic heterocycles. The molecule has 0 atom stereocenters. The molecule has 2 amide bonds. The number of benzene rings is 1. The summed E-state index contributed by atoms with van der Waals surface area (Å²) in [5.41, 5.74) is 4.78. The number of amides is 2. The predicted molar refractivity (Wildman–Crippen MR) is 78.4 cm³/mol. The van der Waals surface area contributed by atoms with E-state index in [4.69, 9.17) is 0 Å². The second-order valence-electron chi connectivity index (χ2n) is 4.23. The third kappa shape index (κ3) is 3.20. The summed E-state index contributed by atoms with van der Waals surface area (Å²) in [7, 11) is 1.54. The van der Waals surface area contributed by atoms with Crippen molar-refractivity contribution in [2.75, 3.05) is 12.4 Å². The molecule has 1 heterocycles. The first-order valence-corrected chi connectivity index (χ1v) is 6.23. The monoisotopic (exact) mass is 303 g/mol. The molecule has 0 spiro atoms. The van der Waals surface area contributed by atoms with E-state index in [2.05, 4.69) is 21.2 Å². The van der Waals surface area contributed by atoms with Crippen LogP contribution in [0.15, 0.2) is 36.5 Å². The lowest BCUT2D eigenvalue weighted by Gasteiger charge is -2.08. The molecule has 0 unspecified atom stereocenters. The van der Waals surface area contributed by atoms with Crippen molar-refractivity contribution < 1.29 is 14.5 Å². The summed E-state index contributed by atoms with van der Waals surface area (Å²) in [4.78, 5) is 36.6. The van der Waals surface area contributed by atoms with Crippen molar-refractivity contribution in [3.8, 4) is 0 Å². The van der Waals surface area contributed by atoms with Gasteiger partial charge in [0.2, 0.25) is 0 Å². The highest BCUT2D eigenvalue weighted by atomic mass is 16.6. The maximum Gasteiger partial charge on any atom is 0.293 e. The van der Waals surface area contributed by atoms with E-state index in [-0.39, 0.29) is 22.6 Å². The van der Waals surface area contributed by atoms with Gasteiger partial charge in [-0.25, -0.2) is 0 Å². The van der Waals surface area contributed by atoms with Crippen molar-refractivity contribution in [2.45, 2.75) is 0 Å². The zero-order valence-corrected chi connectivity index (χ0v) is 11.5. The van der Waals surface area contributed by atoms with Crippen LogP contribution in [0.5, 0.6) is 0 Å². The van der Waals surface area contributed by atoms with E-state index >= 15 is 0 Å². The first-order chi connectivity index (χ1) is 10.5. The summed E-state index contributed by atoms with van der Waals surface area (Å²) in [6, 6.07) is 7.13. The van der Waals surface area contributed by atoms with Crippen LogP contribution < -0.4 is 16.2 Å². The maximum absolute atomic E-state index is 11.9. The van der Waals surface area contributed by atoms with E-state index in [1.54, 1.807) is 19.3 Å². The lowest BCUT2D eigenvalue weighted by Crippen LogP contribution is -2.41. The van der Waals surface area contributed by atoms with Gasteiger partial charge >= 0.3 is 0 Å². The highest BCUT2D eigenvalue weighted by molar-refractivity contribution is 5.99. The molecule has 2 rings (SSSR count). The van der Waals surface area contributed by atoms with E-state index in [9.17, 15) is 19.7 Å². The Morgan fingerprint density at radius 1 is 1.18 bits per heavy atom. The molecule has 0 aliphatic rings. The van der Waals surface area contributed by atoms with Crippen molar-refractivity contribution in [1.29, 1.82) is 0 Å². The number of H-pyrrole nitrogens is 1. The molecular weight excluding hydrogens is 290 g/mol. The fraction of sp³-hybridized carbons (Fsp3) is 0.0769. The number of nitro benzene ring substituents is 1. The van der Waals surface area contributed by atoms with Crippen LogP contribution in [-0.2, 0) is 0 Å². The van der Waals surface area contributed by atoms with Crippen LogP contribution >= 0.6 is 0 Å². The summed E-state index contributed by atoms with van der Waals surface area (Å²) >= 11 is 0. The molecule has 114 valence electrons. The van der Waals surface area contributed by atoms with Gasteiger partial charge in [-0.05, 0) is 24.3 Å². The number of aromatic nitrogens is 1. The molecule has 0 radical (unpaired) electrons. The Balaban J connectivity index is 2.08. The molecule has 4 N–H and O–H groups in total. The normalized spacial score (nSPS) is 9.86. The van der Waals surface area contributed by atoms with Crippen LogP contribution in [0.4, 0.5) is 11.4 Å². The number of nitrogens with zero attached hydrogens (tertiary/aromatic N) is 1. The largest absolute Gasteiger partial charge is 0.383 e. The highest BCUT2D eigenvalue weighted by Crippen LogP contribution is 2.24. The molecule has 0 aliphatic carbocycles. The van der Waals surface area contributed by atoms with E-state index < -0.39 is 16.7 Å². The highest BCUT2D eigenvalue weighted by Gasteiger charge is 2.17. The summed E-state index contributed by atoms with van der Waals surface area (Å²) in [6.45, 7) is 0. The Morgan fingerprint density at radius 3 is 2.50 bits per heavy atom. The third-order valence-electron chi connectivity index (χ3n) is 2.86. The molecule has 9 heteroatoms. The van der Waals surface area contributed by atoms with Crippen molar-refractivity contribution in [1.82, 2.24) is 15.8 Å². The van der Waals surface area contributed by atoms with Gasteiger partial charge in [-0.2, -0.15) is 0 Å². The van der Waals surface area contributed by atoms with E-state index in [0.29, 0.717) is 0 Å². The average Bonchev–Trinajstić information content (AvgIpc) is 3.06. The minimum atomic E-state index is -0.661. The molecular formula is C13H13N5O4. The average molecular weight is 303 g/mol. The Kier molecular flexibility index (Phi) is 4.37. The van der Waals surface area contributed by atoms with Crippen LogP contribution in [-0.4, -0.2) is 28.8 Å². The Bertz CT molecular complexity index is 711. The zero-order valence-electron chi connectivity index (χ0n) is 11.5. The maximum atomic E-state index is 11.9. The minimum Gasteiger partial charge on any atom is -0.383 e. The number of aromatic amines is 1. The van der Waals surface area contributed by atoms with Crippen LogP contribution in [0.2, 0.25) is 0 Å². The van der Waals surface area contributed by atoms with Crippen molar-refractivity contribution in [3.63, 3.8) is 0 Å². The first kappa shape index (κ1) is 15.0. The summed E-state index contributed by atoms with van der Waals surface area (Å²) in [5, 5.41) is 13.6. The number of hydrogen-bond donors (Lipinski definition) is 4. The fourth-order valence-electron chi connectivity index (χ4n) is 1.76. The van der Waals surface area contributed by atoms with Gasteiger partial charge in [0.05, 0.1) is 4.92 Å². The fourth-order valence-corrected chi connectivity index (χ4v) is 1.76. The zero-order chi connectivity index (χ0) is 16.1. The molecule has 0 fully saturated rings. The summed E-state index contributed by atoms with van der Waals surface area (Å²) in [5.74, 6) is -1.19. The van der Waals surface area contributed by atoms with Gasteiger partial charge in [0.25, 0.3) is 17.5 Å². The quantitative estimate of drug-likeness (QED) is 0.495. The topological polar surface area (TPSA) is 129 Å². The molecule has 0 aliphatic heterocycles. The minimum absolute atomic E-state index is 0.0532. The molecule has 22 heavy (non-hydrogen) atoms. The van der Waals surface area contributed by atoms with Gasteiger partial charge in [-0.1, -0.05) is 0 Å². The Labute approximate surface area is 124 Å². The van der Waals surface area contributed by atoms with Crippen molar-refractivity contribution in [3.05, 3.63) is 57.9 Å². The van der Waals surface area contributed by atoms with Gasteiger partial charge in [0, 0.05) is 24.9 Å². The third-order valence-corrected chi connectivity index (χ3v) is 2.86. The number of carbonyl (C=O) groups excluding carboxylic acids is 2. The predicted octanol–water partition coefficient (Wildman–Crippen LogP) is 1.04. The van der Waals surface area contributed by atoms with Crippen LogP contribution in [0.25, 0.3) is 0 Å².